The fraction of sp³-hybridized carbons (Fsp3) is 0.818. The molecule has 0 aromatic rings. The maximum absolute atomic E-state index is 11.6. The smallest absolute Gasteiger partial charge is 0.315 e. The van der Waals surface area contributed by atoms with Crippen molar-refractivity contribution in [3.8, 4) is 0 Å². The van der Waals surface area contributed by atoms with Gasteiger partial charge in [0.1, 0.15) is 0 Å². The van der Waals surface area contributed by atoms with Crippen LogP contribution in [0.3, 0.4) is 0 Å². The lowest BCUT2D eigenvalue weighted by atomic mass is 10.0. The number of rotatable bonds is 7. The minimum atomic E-state index is -0.994. The van der Waals surface area contributed by atoms with Crippen LogP contribution >= 0.6 is 0 Å². The molecule has 0 bridgehead atoms. The van der Waals surface area contributed by atoms with Gasteiger partial charge in [0.15, 0.2) is 0 Å². The molecule has 0 rings (SSSR count). The van der Waals surface area contributed by atoms with E-state index in [2.05, 4.69) is 10.6 Å². The Balaban J connectivity index is 4.18. The number of carboxylic acids is 1. The molecule has 0 aromatic heterocycles. The number of carbonyl (C=O) groups excluding carboxylic acids is 1. The molecule has 0 aliphatic rings. The van der Waals surface area contributed by atoms with Gasteiger partial charge in [-0.25, -0.2) is 4.79 Å². The van der Waals surface area contributed by atoms with Crippen LogP contribution in [0, 0.1) is 5.92 Å². The van der Waals surface area contributed by atoms with Gasteiger partial charge in [-0.1, -0.05) is 13.8 Å². The highest BCUT2D eigenvalue weighted by molar-refractivity contribution is 7.84. The summed E-state index contributed by atoms with van der Waals surface area (Å²) in [6, 6.07) is -0.836. The van der Waals surface area contributed by atoms with Crippen molar-refractivity contribution in [1.29, 1.82) is 0 Å². The lowest BCUT2D eigenvalue weighted by molar-refractivity contribution is -0.137. The van der Waals surface area contributed by atoms with E-state index in [0.717, 1.165) is 0 Å². The van der Waals surface area contributed by atoms with Gasteiger partial charge in [0.05, 0.1) is 6.42 Å². The lowest BCUT2D eigenvalue weighted by Crippen LogP contribution is -2.47. The number of urea groups is 1. The average Bonchev–Trinajstić information content (AvgIpc) is 2.23. The number of aliphatic carboxylic acids is 1. The third kappa shape index (κ3) is 7.26. The van der Waals surface area contributed by atoms with Crippen molar-refractivity contribution in [2.24, 2.45) is 5.92 Å². The molecule has 0 radical (unpaired) electrons. The van der Waals surface area contributed by atoms with E-state index in [4.69, 9.17) is 5.11 Å². The number of carbonyl (C=O) groups is 2. The topological polar surface area (TPSA) is 95.5 Å². The van der Waals surface area contributed by atoms with E-state index in [-0.39, 0.29) is 17.6 Å². The van der Waals surface area contributed by atoms with Crippen molar-refractivity contribution in [3.63, 3.8) is 0 Å². The van der Waals surface area contributed by atoms with E-state index < -0.39 is 28.8 Å². The van der Waals surface area contributed by atoms with Gasteiger partial charge in [0.25, 0.3) is 0 Å². The SMILES string of the molecule is CC(C)C(CC(=O)O)NC(=O)NCC(C)S(C)=O. The van der Waals surface area contributed by atoms with Gasteiger partial charge in [0, 0.05) is 34.9 Å². The third-order valence-electron chi connectivity index (χ3n) is 2.63. The minimum Gasteiger partial charge on any atom is -0.481 e. The van der Waals surface area contributed by atoms with Crippen LogP contribution in [0.1, 0.15) is 27.2 Å². The van der Waals surface area contributed by atoms with Crippen LogP contribution in [-0.4, -0.2) is 45.4 Å². The van der Waals surface area contributed by atoms with Crippen molar-refractivity contribution in [2.45, 2.75) is 38.5 Å². The van der Waals surface area contributed by atoms with Gasteiger partial charge >= 0.3 is 12.0 Å². The molecule has 2 amide bonds. The van der Waals surface area contributed by atoms with E-state index in [1.807, 2.05) is 13.8 Å². The monoisotopic (exact) mass is 278 g/mol. The first kappa shape index (κ1) is 16.9. The summed E-state index contributed by atoms with van der Waals surface area (Å²) in [6.07, 6.45) is 1.46. The van der Waals surface area contributed by atoms with Gasteiger partial charge in [-0.3, -0.25) is 9.00 Å². The Kier molecular flexibility index (Phi) is 7.58. The summed E-state index contributed by atoms with van der Waals surface area (Å²) in [6.45, 7) is 5.76. The predicted molar refractivity (Wildman–Crippen MR) is 70.9 cm³/mol. The summed E-state index contributed by atoms with van der Waals surface area (Å²) in [5.74, 6) is -0.915. The second-order valence-electron chi connectivity index (χ2n) is 4.61. The normalized spacial score (nSPS) is 15.8. The van der Waals surface area contributed by atoms with Crippen molar-refractivity contribution < 1.29 is 18.9 Å². The molecule has 0 saturated heterocycles. The van der Waals surface area contributed by atoms with E-state index in [1.165, 1.54) is 0 Å². The van der Waals surface area contributed by atoms with E-state index in [9.17, 15) is 13.8 Å². The van der Waals surface area contributed by atoms with Gasteiger partial charge in [-0.05, 0) is 12.8 Å². The summed E-state index contributed by atoms with van der Waals surface area (Å²) >= 11 is 0. The predicted octanol–water partition coefficient (Wildman–Crippen LogP) is 0.552. The number of nitrogens with one attached hydrogen (secondary N) is 2. The number of hydrogen-bond donors (Lipinski definition) is 3. The first-order valence-corrected chi connectivity index (χ1v) is 7.44. The molecule has 0 fully saturated rings. The van der Waals surface area contributed by atoms with Crippen molar-refractivity contribution in [1.82, 2.24) is 10.6 Å². The minimum absolute atomic E-state index is 0.0320. The number of hydrogen-bond acceptors (Lipinski definition) is 3. The van der Waals surface area contributed by atoms with Crippen LogP contribution in [-0.2, 0) is 15.6 Å². The first-order valence-electron chi connectivity index (χ1n) is 5.82. The lowest BCUT2D eigenvalue weighted by Gasteiger charge is -2.21. The highest BCUT2D eigenvalue weighted by Gasteiger charge is 2.19. The van der Waals surface area contributed by atoms with Crippen LogP contribution < -0.4 is 10.6 Å². The molecule has 0 aliphatic carbocycles. The number of amides is 2. The molecule has 18 heavy (non-hydrogen) atoms. The van der Waals surface area contributed by atoms with Crippen LogP contribution in [0.4, 0.5) is 4.79 Å². The highest BCUT2D eigenvalue weighted by Crippen LogP contribution is 2.05. The summed E-state index contributed by atoms with van der Waals surface area (Å²) in [4.78, 5) is 22.2. The molecule has 106 valence electrons. The van der Waals surface area contributed by atoms with Crippen LogP contribution in [0.2, 0.25) is 0 Å². The zero-order chi connectivity index (χ0) is 14.3. The second kappa shape index (κ2) is 8.07. The van der Waals surface area contributed by atoms with Gasteiger partial charge < -0.3 is 15.7 Å². The fourth-order valence-electron chi connectivity index (χ4n) is 1.21. The summed E-state index contributed by atoms with van der Waals surface area (Å²) in [5, 5.41) is 13.8. The molecule has 3 atom stereocenters. The molecule has 0 aromatic carbocycles. The second-order valence-corrected chi connectivity index (χ2v) is 6.41. The highest BCUT2D eigenvalue weighted by atomic mass is 32.2. The largest absolute Gasteiger partial charge is 0.481 e. The molecule has 0 saturated carbocycles. The van der Waals surface area contributed by atoms with Crippen LogP contribution in [0.25, 0.3) is 0 Å². The molecule has 3 unspecified atom stereocenters. The zero-order valence-electron chi connectivity index (χ0n) is 11.2. The Morgan fingerprint density at radius 2 is 1.83 bits per heavy atom. The van der Waals surface area contributed by atoms with Crippen LogP contribution in [0.15, 0.2) is 0 Å². The Morgan fingerprint density at radius 1 is 1.28 bits per heavy atom. The molecule has 0 aliphatic heterocycles. The van der Waals surface area contributed by atoms with Gasteiger partial charge in [0.2, 0.25) is 0 Å². The fourth-order valence-corrected chi connectivity index (χ4v) is 1.53. The Bertz CT molecular complexity index is 320. The number of carboxylic acid groups (broad SMARTS) is 1. The van der Waals surface area contributed by atoms with E-state index in [1.54, 1.807) is 13.2 Å². The summed E-state index contributed by atoms with van der Waals surface area (Å²) in [5.41, 5.74) is 0. The van der Waals surface area contributed by atoms with Crippen molar-refractivity contribution >= 4 is 22.8 Å². The van der Waals surface area contributed by atoms with Gasteiger partial charge in [-0.15, -0.1) is 0 Å². The summed E-state index contributed by atoms with van der Waals surface area (Å²) in [7, 11) is -0.994. The first-order chi connectivity index (χ1) is 8.23. The molecular weight excluding hydrogens is 256 g/mol. The summed E-state index contributed by atoms with van der Waals surface area (Å²) < 4.78 is 11.1. The van der Waals surface area contributed by atoms with Crippen molar-refractivity contribution in [3.05, 3.63) is 0 Å². The van der Waals surface area contributed by atoms with Gasteiger partial charge in [-0.2, -0.15) is 0 Å². The Labute approximate surface area is 110 Å². The maximum Gasteiger partial charge on any atom is 0.315 e. The Morgan fingerprint density at radius 3 is 2.22 bits per heavy atom. The standard InChI is InChI=1S/C11H22N2O4S/c1-7(2)9(5-10(14)15)13-11(16)12-6-8(3)18(4)17/h7-9H,5-6H2,1-4H3,(H,14,15)(H2,12,13,16). The third-order valence-corrected chi connectivity index (χ3v) is 3.93. The molecule has 7 heteroatoms. The van der Waals surface area contributed by atoms with E-state index in [0.29, 0.717) is 6.54 Å². The van der Waals surface area contributed by atoms with Crippen molar-refractivity contribution in [2.75, 3.05) is 12.8 Å². The molecule has 3 N–H and O–H groups in total. The average molecular weight is 278 g/mol. The quantitative estimate of drug-likeness (QED) is 0.634. The molecule has 6 nitrogen and oxygen atoms in total. The molecule has 0 spiro atoms. The van der Waals surface area contributed by atoms with E-state index >= 15 is 0 Å². The Hall–Kier alpha value is -1.11. The molecular formula is C11H22N2O4S. The zero-order valence-corrected chi connectivity index (χ0v) is 12.0. The van der Waals surface area contributed by atoms with Crippen LogP contribution in [0.5, 0.6) is 0 Å². The maximum atomic E-state index is 11.6. The molecule has 0 heterocycles.